The number of aliphatic hydroxyl groups is 1. The molecule has 2 aromatic heterocycles. The summed E-state index contributed by atoms with van der Waals surface area (Å²) in [6.07, 6.45) is 7.07. The van der Waals surface area contributed by atoms with Gasteiger partial charge in [-0.15, -0.1) is 0 Å². The van der Waals surface area contributed by atoms with Gasteiger partial charge in [-0.05, 0) is 68.9 Å². The highest BCUT2D eigenvalue weighted by Gasteiger charge is 2.30. The first-order valence-electron chi connectivity index (χ1n) is 11.9. The van der Waals surface area contributed by atoms with Gasteiger partial charge in [-0.2, -0.15) is 5.10 Å². The maximum absolute atomic E-state index is 12.5. The van der Waals surface area contributed by atoms with Gasteiger partial charge in [-0.25, -0.2) is 4.68 Å². The molecule has 3 unspecified atom stereocenters. The zero-order chi connectivity index (χ0) is 22.8. The van der Waals surface area contributed by atoms with Gasteiger partial charge in [0.15, 0.2) is 0 Å². The number of ether oxygens (including phenoxy) is 1. The van der Waals surface area contributed by atoms with Gasteiger partial charge in [0.25, 0.3) is 5.56 Å². The number of aliphatic hydroxyl groups excluding tert-OH is 1. The van der Waals surface area contributed by atoms with Crippen LogP contribution < -0.4 is 20.5 Å². The molecule has 8 heteroatoms. The van der Waals surface area contributed by atoms with E-state index in [1.54, 1.807) is 13.2 Å². The van der Waals surface area contributed by atoms with Crippen molar-refractivity contribution in [2.24, 2.45) is 0 Å². The number of rotatable bonds is 6. The average molecular weight is 450 g/mol. The molecule has 3 heterocycles. The molecule has 1 aliphatic heterocycles. The third kappa shape index (κ3) is 4.39. The molecule has 1 saturated carbocycles. The highest BCUT2D eigenvalue weighted by molar-refractivity contribution is 5.92. The number of anilines is 2. The Balaban J connectivity index is 1.38. The Morgan fingerprint density at radius 1 is 1.12 bits per heavy atom. The fraction of sp³-hybridized carbons (Fsp3) is 0.480. The predicted molar refractivity (Wildman–Crippen MR) is 129 cm³/mol. The number of hydrogen-bond donors (Lipinski definition) is 2. The Kier molecular flexibility index (Phi) is 6.17. The van der Waals surface area contributed by atoms with Crippen LogP contribution in [0.25, 0.3) is 10.9 Å². The topological polar surface area (TPSA) is 92.5 Å². The molecule has 0 radical (unpaired) electrons. The van der Waals surface area contributed by atoms with Crippen molar-refractivity contribution in [3.05, 3.63) is 52.9 Å². The van der Waals surface area contributed by atoms with E-state index in [1.807, 2.05) is 36.5 Å². The van der Waals surface area contributed by atoms with Crippen molar-refractivity contribution in [2.45, 2.75) is 56.7 Å². The van der Waals surface area contributed by atoms with Crippen LogP contribution in [-0.4, -0.2) is 52.2 Å². The Bertz CT molecular complexity index is 1180. The summed E-state index contributed by atoms with van der Waals surface area (Å²) in [6, 6.07) is 11.3. The molecule has 0 spiro atoms. The number of fused-ring (bicyclic) bond motifs is 1. The molecule has 174 valence electrons. The molecule has 2 aliphatic rings. The Hall–Kier alpha value is -3.13. The summed E-state index contributed by atoms with van der Waals surface area (Å²) in [5, 5.41) is 19.7. The number of aromatic nitrogens is 3. The summed E-state index contributed by atoms with van der Waals surface area (Å²) < 4.78 is 6.91. The van der Waals surface area contributed by atoms with Crippen molar-refractivity contribution in [1.29, 1.82) is 0 Å². The molecule has 1 aromatic carbocycles. The Labute approximate surface area is 193 Å². The largest absolute Gasteiger partial charge is 0.497 e. The lowest BCUT2D eigenvalue weighted by atomic mass is 10.0. The number of nitrogens with zero attached hydrogens (tertiary/aromatic N) is 4. The summed E-state index contributed by atoms with van der Waals surface area (Å²) in [7, 11) is 1.67. The third-order valence-electron chi connectivity index (χ3n) is 6.97. The van der Waals surface area contributed by atoms with Crippen LogP contribution in [0.2, 0.25) is 0 Å². The molecule has 0 bridgehead atoms. The number of nitrogens with one attached hydrogen (secondary N) is 1. The smallest absolute Gasteiger partial charge is 0.267 e. The van der Waals surface area contributed by atoms with E-state index in [0.29, 0.717) is 0 Å². The molecular weight excluding hydrogens is 418 g/mol. The Morgan fingerprint density at radius 2 is 2.03 bits per heavy atom. The second kappa shape index (κ2) is 9.39. The standard InChI is InChI=1S/C25H31N5O3/c1-33-18-8-9-20-19(15-18)21(12-13-26-20)27-16-17-5-2-3-14-29(17)24-10-11-25(32)30(28-24)22-6-4-7-23(22)31/h8-13,15,17,22-23,31H,2-7,14,16H2,1H3,(H,26,27). The molecule has 1 aliphatic carbocycles. The van der Waals surface area contributed by atoms with Crippen molar-refractivity contribution in [3.63, 3.8) is 0 Å². The molecule has 2 fully saturated rings. The van der Waals surface area contributed by atoms with Gasteiger partial charge in [-0.1, -0.05) is 0 Å². The molecule has 2 N–H and O–H groups in total. The number of piperidine rings is 1. The van der Waals surface area contributed by atoms with Crippen LogP contribution >= 0.6 is 0 Å². The van der Waals surface area contributed by atoms with Crippen molar-refractivity contribution in [1.82, 2.24) is 14.8 Å². The van der Waals surface area contributed by atoms with Gasteiger partial charge in [0, 0.05) is 42.5 Å². The lowest BCUT2D eigenvalue weighted by molar-refractivity contribution is 0.127. The average Bonchev–Trinajstić information content (AvgIpc) is 3.28. The number of hydrogen-bond acceptors (Lipinski definition) is 7. The molecule has 33 heavy (non-hydrogen) atoms. The lowest BCUT2D eigenvalue weighted by Gasteiger charge is -2.37. The van der Waals surface area contributed by atoms with Crippen molar-refractivity contribution in [3.8, 4) is 5.75 Å². The minimum Gasteiger partial charge on any atom is -0.497 e. The van der Waals surface area contributed by atoms with Gasteiger partial charge >= 0.3 is 0 Å². The minimum absolute atomic E-state index is 0.145. The second-order valence-electron chi connectivity index (χ2n) is 9.01. The SMILES string of the molecule is COc1ccc2nccc(NCC3CCCCN3c3ccc(=O)n(C4CCCC4O)n3)c2c1. The van der Waals surface area contributed by atoms with E-state index in [2.05, 4.69) is 15.2 Å². The van der Waals surface area contributed by atoms with E-state index in [-0.39, 0.29) is 17.6 Å². The van der Waals surface area contributed by atoms with E-state index < -0.39 is 6.10 Å². The maximum Gasteiger partial charge on any atom is 0.267 e. The summed E-state index contributed by atoms with van der Waals surface area (Å²) >= 11 is 0. The second-order valence-corrected chi connectivity index (χ2v) is 9.01. The molecule has 0 amide bonds. The predicted octanol–water partition coefficient (Wildman–Crippen LogP) is 3.36. The third-order valence-corrected chi connectivity index (χ3v) is 6.97. The summed E-state index contributed by atoms with van der Waals surface area (Å²) in [5.74, 6) is 1.61. The van der Waals surface area contributed by atoms with Crippen molar-refractivity contribution >= 4 is 22.4 Å². The zero-order valence-corrected chi connectivity index (χ0v) is 19.0. The van der Waals surface area contributed by atoms with Crippen LogP contribution in [0.15, 0.2) is 47.4 Å². The van der Waals surface area contributed by atoms with Crippen LogP contribution in [-0.2, 0) is 0 Å². The van der Waals surface area contributed by atoms with Gasteiger partial charge in [-0.3, -0.25) is 9.78 Å². The molecular formula is C25H31N5O3. The molecule has 3 atom stereocenters. The van der Waals surface area contributed by atoms with Crippen molar-refractivity contribution in [2.75, 3.05) is 30.4 Å². The molecule has 1 saturated heterocycles. The first-order valence-corrected chi connectivity index (χ1v) is 11.9. The number of methoxy groups -OCH3 is 1. The van der Waals surface area contributed by atoms with Crippen LogP contribution in [0.1, 0.15) is 44.6 Å². The first-order chi connectivity index (χ1) is 16.1. The highest BCUT2D eigenvalue weighted by atomic mass is 16.5. The molecule has 8 nitrogen and oxygen atoms in total. The van der Waals surface area contributed by atoms with Crippen LogP contribution in [0.5, 0.6) is 5.75 Å². The fourth-order valence-electron chi connectivity index (χ4n) is 5.16. The lowest BCUT2D eigenvalue weighted by Crippen LogP contribution is -2.45. The van der Waals surface area contributed by atoms with Gasteiger partial charge in [0.2, 0.25) is 0 Å². The highest BCUT2D eigenvalue weighted by Crippen LogP contribution is 2.30. The monoisotopic (exact) mass is 449 g/mol. The minimum atomic E-state index is -0.499. The van der Waals surface area contributed by atoms with Gasteiger partial charge < -0.3 is 20.1 Å². The van der Waals surface area contributed by atoms with Crippen LogP contribution in [0.4, 0.5) is 11.5 Å². The fourth-order valence-corrected chi connectivity index (χ4v) is 5.16. The quantitative estimate of drug-likeness (QED) is 0.596. The van der Waals surface area contributed by atoms with E-state index in [9.17, 15) is 9.90 Å². The van der Waals surface area contributed by atoms with E-state index in [4.69, 9.17) is 9.84 Å². The Morgan fingerprint density at radius 3 is 2.85 bits per heavy atom. The molecule has 3 aromatic rings. The summed E-state index contributed by atoms with van der Waals surface area (Å²) in [4.78, 5) is 19.3. The van der Waals surface area contributed by atoms with Gasteiger partial charge in [0.05, 0.1) is 24.8 Å². The van der Waals surface area contributed by atoms with E-state index in [0.717, 1.165) is 79.8 Å². The normalized spacial score (nSPS) is 23.1. The number of benzene rings is 1. The van der Waals surface area contributed by atoms with E-state index >= 15 is 0 Å². The maximum atomic E-state index is 12.5. The number of pyridine rings is 1. The van der Waals surface area contributed by atoms with Crippen LogP contribution in [0, 0.1) is 0 Å². The first kappa shape index (κ1) is 21.7. The van der Waals surface area contributed by atoms with E-state index in [1.165, 1.54) is 4.68 Å². The molecule has 5 rings (SSSR count). The van der Waals surface area contributed by atoms with Gasteiger partial charge in [0.1, 0.15) is 11.6 Å². The summed E-state index contributed by atoms with van der Waals surface area (Å²) in [5.41, 5.74) is 1.80. The zero-order valence-electron chi connectivity index (χ0n) is 19.0. The summed E-state index contributed by atoms with van der Waals surface area (Å²) in [6.45, 7) is 1.65. The van der Waals surface area contributed by atoms with Crippen LogP contribution in [0.3, 0.4) is 0 Å². The van der Waals surface area contributed by atoms with Crippen molar-refractivity contribution < 1.29 is 9.84 Å².